The number of benzene rings is 1. The number of rotatable bonds is 7. The number of sulfonamides is 1. The molecule has 1 aromatic rings. The van der Waals surface area contributed by atoms with Gasteiger partial charge in [-0.2, -0.15) is 11.8 Å². The van der Waals surface area contributed by atoms with Crippen molar-refractivity contribution in [1.82, 2.24) is 4.72 Å². The molecule has 0 fully saturated rings. The Labute approximate surface area is 120 Å². The molecule has 1 rings (SSSR count). The molecule has 1 unspecified atom stereocenters. The van der Waals surface area contributed by atoms with Crippen LogP contribution in [-0.2, 0) is 23.0 Å². The van der Waals surface area contributed by atoms with Crippen molar-refractivity contribution >= 4 is 21.8 Å². The van der Waals surface area contributed by atoms with E-state index in [1.165, 1.54) is 0 Å². The van der Waals surface area contributed by atoms with Crippen LogP contribution in [0.5, 0.6) is 0 Å². The average Bonchev–Trinajstić information content (AvgIpc) is 2.37. The van der Waals surface area contributed by atoms with Crippen molar-refractivity contribution in [3.63, 3.8) is 0 Å². The van der Waals surface area contributed by atoms with Crippen molar-refractivity contribution in [3.8, 4) is 0 Å². The Bertz CT molecular complexity index is 515. The van der Waals surface area contributed by atoms with Crippen LogP contribution in [0, 0.1) is 0 Å². The van der Waals surface area contributed by atoms with E-state index >= 15 is 0 Å². The summed E-state index contributed by atoms with van der Waals surface area (Å²) in [6, 6.07) is 5.07. The summed E-state index contributed by atoms with van der Waals surface area (Å²) in [7, 11) is -3.46. The first-order chi connectivity index (χ1) is 8.94. The van der Waals surface area contributed by atoms with Crippen LogP contribution in [0.3, 0.4) is 0 Å². The van der Waals surface area contributed by atoms with Crippen molar-refractivity contribution in [2.75, 3.05) is 12.0 Å². The molecule has 0 heterocycles. The van der Waals surface area contributed by atoms with E-state index in [0.717, 1.165) is 23.3 Å². The molecule has 0 amide bonds. The molecule has 0 radical (unpaired) electrons. The molecule has 6 heteroatoms. The van der Waals surface area contributed by atoms with Gasteiger partial charge in [-0.05, 0) is 42.9 Å². The molecule has 0 aromatic heterocycles. The number of nitrogens with one attached hydrogen (secondary N) is 1. The molecule has 108 valence electrons. The lowest BCUT2D eigenvalue weighted by atomic mass is 10.1. The van der Waals surface area contributed by atoms with E-state index in [1.54, 1.807) is 23.9 Å². The zero-order valence-electron chi connectivity index (χ0n) is 11.6. The molecule has 0 aliphatic rings. The summed E-state index contributed by atoms with van der Waals surface area (Å²) in [4.78, 5) is 0.290. The van der Waals surface area contributed by atoms with E-state index in [9.17, 15) is 8.42 Å². The SMILES string of the molecule is CCc1ccc(S(=O)(=O)NC(C)CSC)cc1CN. The number of thioether (sulfide) groups is 1. The van der Waals surface area contributed by atoms with Gasteiger partial charge in [-0.3, -0.25) is 0 Å². The summed E-state index contributed by atoms with van der Waals surface area (Å²) in [5, 5.41) is 0. The summed E-state index contributed by atoms with van der Waals surface area (Å²) < 4.78 is 27.1. The van der Waals surface area contributed by atoms with Gasteiger partial charge in [0.1, 0.15) is 0 Å². The molecule has 1 aromatic carbocycles. The summed E-state index contributed by atoms with van der Waals surface area (Å²) in [5.74, 6) is 0.746. The summed E-state index contributed by atoms with van der Waals surface area (Å²) in [6.45, 7) is 4.24. The number of hydrogen-bond donors (Lipinski definition) is 2. The fourth-order valence-corrected chi connectivity index (χ4v) is 3.90. The first-order valence-electron chi connectivity index (χ1n) is 6.27. The van der Waals surface area contributed by atoms with Gasteiger partial charge in [0.25, 0.3) is 0 Å². The Morgan fingerprint density at radius 3 is 2.58 bits per heavy atom. The quantitative estimate of drug-likeness (QED) is 0.805. The molecular weight excluding hydrogens is 280 g/mol. The fraction of sp³-hybridized carbons (Fsp3) is 0.538. The second-order valence-corrected chi connectivity index (χ2v) is 7.09. The Kier molecular flexibility index (Phi) is 6.32. The molecule has 0 aliphatic carbocycles. The standard InChI is InChI=1S/C13H22N2O2S2/c1-4-11-5-6-13(7-12(11)8-14)19(16,17)15-10(2)9-18-3/h5-7,10,15H,4,8-9,14H2,1-3H3. The Morgan fingerprint density at radius 1 is 1.37 bits per heavy atom. The van der Waals surface area contributed by atoms with Crippen LogP contribution in [0.2, 0.25) is 0 Å². The molecule has 0 saturated heterocycles. The van der Waals surface area contributed by atoms with E-state index in [1.807, 2.05) is 26.2 Å². The predicted molar refractivity (Wildman–Crippen MR) is 81.9 cm³/mol. The maximum absolute atomic E-state index is 12.2. The van der Waals surface area contributed by atoms with E-state index in [2.05, 4.69) is 4.72 Å². The molecule has 0 saturated carbocycles. The van der Waals surface area contributed by atoms with Gasteiger partial charge in [0.05, 0.1) is 4.90 Å². The zero-order valence-corrected chi connectivity index (χ0v) is 13.3. The van der Waals surface area contributed by atoms with Gasteiger partial charge < -0.3 is 5.73 Å². The van der Waals surface area contributed by atoms with Crippen LogP contribution in [0.1, 0.15) is 25.0 Å². The van der Waals surface area contributed by atoms with Gasteiger partial charge in [0.15, 0.2) is 0 Å². The second kappa shape index (κ2) is 7.28. The lowest BCUT2D eigenvalue weighted by molar-refractivity contribution is 0.571. The van der Waals surface area contributed by atoms with Crippen LogP contribution < -0.4 is 10.5 Å². The summed E-state index contributed by atoms with van der Waals surface area (Å²) >= 11 is 1.61. The molecule has 1 atom stereocenters. The topological polar surface area (TPSA) is 72.2 Å². The third kappa shape index (κ3) is 4.49. The number of aryl methyl sites for hydroxylation is 1. The molecule has 3 N–H and O–H groups in total. The van der Waals surface area contributed by atoms with Gasteiger partial charge in [0.2, 0.25) is 10.0 Å². The number of nitrogens with two attached hydrogens (primary N) is 1. The van der Waals surface area contributed by atoms with E-state index in [0.29, 0.717) is 6.54 Å². The van der Waals surface area contributed by atoms with Crippen LogP contribution in [0.25, 0.3) is 0 Å². The van der Waals surface area contributed by atoms with E-state index in [4.69, 9.17) is 5.73 Å². The molecule has 0 bridgehead atoms. The van der Waals surface area contributed by atoms with Crippen LogP contribution in [0.4, 0.5) is 0 Å². The minimum absolute atomic E-state index is 0.0906. The third-order valence-electron chi connectivity index (χ3n) is 2.86. The zero-order chi connectivity index (χ0) is 14.5. The lowest BCUT2D eigenvalue weighted by Gasteiger charge is -2.14. The first kappa shape index (κ1) is 16.5. The minimum atomic E-state index is -3.46. The van der Waals surface area contributed by atoms with Crippen molar-refractivity contribution in [2.45, 2.75) is 37.8 Å². The van der Waals surface area contributed by atoms with Crippen molar-refractivity contribution in [3.05, 3.63) is 29.3 Å². The molecule has 19 heavy (non-hydrogen) atoms. The van der Waals surface area contributed by atoms with E-state index in [-0.39, 0.29) is 10.9 Å². The maximum Gasteiger partial charge on any atom is 0.240 e. The molecule has 0 aliphatic heterocycles. The van der Waals surface area contributed by atoms with Crippen molar-refractivity contribution in [2.24, 2.45) is 5.73 Å². The normalized spacial score (nSPS) is 13.5. The van der Waals surface area contributed by atoms with Crippen LogP contribution in [-0.4, -0.2) is 26.5 Å². The van der Waals surface area contributed by atoms with Crippen LogP contribution in [0.15, 0.2) is 23.1 Å². The van der Waals surface area contributed by atoms with Gasteiger partial charge >= 0.3 is 0 Å². The summed E-state index contributed by atoms with van der Waals surface area (Å²) in [6.07, 6.45) is 2.80. The highest BCUT2D eigenvalue weighted by molar-refractivity contribution is 7.98. The first-order valence-corrected chi connectivity index (χ1v) is 9.15. The van der Waals surface area contributed by atoms with Crippen molar-refractivity contribution < 1.29 is 8.42 Å². The minimum Gasteiger partial charge on any atom is -0.326 e. The third-order valence-corrected chi connectivity index (χ3v) is 5.28. The smallest absolute Gasteiger partial charge is 0.240 e. The highest BCUT2D eigenvalue weighted by Crippen LogP contribution is 2.17. The van der Waals surface area contributed by atoms with Gasteiger partial charge in [0, 0.05) is 18.3 Å². The van der Waals surface area contributed by atoms with Gasteiger partial charge in [-0.1, -0.05) is 13.0 Å². The lowest BCUT2D eigenvalue weighted by Crippen LogP contribution is -2.34. The molecular formula is C13H22N2O2S2. The molecule has 0 spiro atoms. The largest absolute Gasteiger partial charge is 0.326 e. The van der Waals surface area contributed by atoms with Crippen molar-refractivity contribution in [1.29, 1.82) is 0 Å². The van der Waals surface area contributed by atoms with E-state index < -0.39 is 10.0 Å². The molecule has 4 nitrogen and oxygen atoms in total. The fourth-order valence-electron chi connectivity index (χ4n) is 1.92. The predicted octanol–water partition coefficient (Wildman–Crippen LogP) is 1.74. The monoisotopic (exact) mass is 302 g/mol. The Hall–Kier alpha value is -0.560. The Morgan fingerprint density at radius 2 is 2.05 bits per heavy atom. The average molecular weight is 302 g/mol. The number of hydrogen-bond acceptors (Lipinski definition) is 4. The highest BCUT2D eigenvalue weighted by atomic mass is 32.2. The van der Waals surface area contributed by atoms with Gasteiger partial charge in [-0.25, -0.2) is 13.1 Å². The van der Waals surface area contributed by atoms with Gasteiger partial charge in [-0.15, -0.1) is 0 Å². The highest BCUT2D eigenvalue weighted by Gasteiger charge is 2.18. The summed E-state index contributed by atoms with van der Waals surface area (Å²) in [5.41, 5.74) is 7.66. The maximum atomic E-state index is 12.2. The Balaban J connectivity index is 3.01. The second-order valence-electron chi connectivity index (χ2n) is 4.47. The van der Waals surface area contributed by atoms with Crippen LogP contribution >= 0.6 is 11.8 Å².